The third-order valence-corrected chi connectivity index (χ3v) is 2.56. The monoisotopic (exact) mass is 289 g/mol. The molecule has 0 atom stereocenters. The second-order valence-corrected chi connectivity index (χ2v) is 3.94. The summed E-state index contributed by atoms with van der Waals surface area (Å²) in [6.45, 7) is 0. The van der Waals surface area contributed by atoms with Crippen LogP contribution in [-0.2, 0) is 0 Å². The van der Waals surface area contributed by atoms with Gasteiger partial charge in [0.15, 0.2) is 5.69 Å². The first-order valence-corrected chi connectivity index (χ1v) is 5.74. The van der Waals surface area contributed by atoms with E-state index in [1.54, 1.807) is 0 Å². The molecule has 21 heavy (non-hydrogen) atoms. The van der Waals surface area contributed by atoms with Gasteiger partial charge in [-0.05, 0) is 18.2 Å². The molecule has 0 spiro atoms. The molecule has 2 aromatic rings. The van der Waals surface area contributed by atoms with Crippen LogP contribution in [0.2, 0.25) is 0 Å². The lowest BCUT2D eigenvalue weighted by Crippen LogP contribution is -2.15. The highest BCUT2D eigenvalue weighted by molar-refractivity contribution is 6.03. The average molecular weight is 289 g/mol. The Labute approximate surface area is 118 Å². The molecule has 1 aromatic carbocycles. The number of carbonyl (C=O) groups is 1. The van der Waals surface area contributed by atoms with Crippen molar-refractivity contribution in [2.75, 3.05) is 18.2 Å². The van der Waals surface area contributed by atoms with Crippen LogP contribution >= 0.6 is 0 Å². The van der Waals surface area contributed by atoms with Gasteiger partial charge in [0.05, 0.1) is 23.8 Å². The number of methoxy groups -OCH3 is 1. The van der Waals surface area contributed by atoms with E-state index in [9.17, 15) is 14.9 Å². The Bertz CT molecular complexity index is 687. The Balaban J connectivity index is 2.24. The molecular weight excluding hydrogens is 278 g/mol. The van der Waals surface area contributed by atoms with Crippen LogP contribution in [0.3, 0.4) is 0 Å². The number of amides is 1. The minimum Gasteiger partial charge on any atom is -0.494 e. The molecule has 0 fully saturated rings. The van der Waals surface area contributed by atoms with Crippen molar-refractivity contribution in [2.24, 2.45) is 0 Å². The van der Waals surface area contributed by atoms with Crippen LogP contribution < -0.4 is 15.8 Å². The summed E-state index contributed by atoms with van der Waals surface area (Å²) >= 11 is 0. The highest BCUT2D eigenvalue weighted by Gasteiger charge is 2.15. The van der Waals surface area contributed by atoms with E-state index < -0.39 is 10.8 Å². The van der Waals surface area contributed by atoms with Gasteiger partial charge in [-0.2, -0.15) is 0 Å². The second-order valence-electron chi connectivity index (χ2n) is 3.94. The van der Waals surface area contributed by atoms with Gasteiger partial charge in [-0.3, -0.25) is 14.9 Å². The number of nitrogens with two attached hydrogens (primary N) is 1. The molecule has 0 radical (unpaired) electrons. The largest absolute Gasteiger partial charge is 0.494 e. The molecule has 0 aliphatic rings. The smallest absolute Gasteiger partial charge is 0.276 e. The van der Waals surface area contributed by atoms with E-state index >= 15 is 0 Å². The molecule has 1 amide bonds. The quantitative estimate of drug-likeness (QED) is 0.638. The van der Waals surface area contributed by atoms with Crippen LogP contribution in [0.4, 0.5) is 17.2 Å². The number of nitrogens with one attached hydrogen (secondary N) is 1. The zero-order valence-electron chi connectivity index (χ0n) is 10.9. The Morgan fingerprint density at radius 2 is 2.10 bits per heavy atom. The molecule has 0 bridgehead atoms. The van der Waals surface area contributed by atoms with Crippen molar-refractivity contribution in [3.05, 3.63) is 46.1 Å². The van der Waals surface area contributed by atoms with E-state index in [0.29, 0.717) is 0 Å². The predicted octanol–water partition coefficient (Wildman–Crippen LogP) is 1.23. The fourth-order valence-corrected chi connectivity index (χ4v) is 1.55. The number of nitro benzene ring substituents is 1. The lowest BCUT2D eigenvalue weighted by molar-refractivity contribution is -0.384. The number of ether oxygens (including phenoxy) is 1. The summed E-state index contributed by atoms with van der Waals surface area (Å²) < 4.78 is 5.02. The van der Waals surface area contributed by atoms with Crippen LogP contribution in [0.25, 0.3) is 0 Å². The van der Waals surface area contributed by atoms with Crippen LogP contribution in [0, 0.1) is 10.1 Å². The lowest BCUT2D eigenvalue weighted by Gasteiger charge is -2.09. The Morgan fingerprint density at radius 3 is 2.67 bits per heavy atom. The number of nitrogens with zero attached hydrogens (tertiary/aromatic N) is 3. The third-order valence-electron chi connectivity index (χ3n) is 2.56. The molecule has 1 heterocycles. The standard InChI is InChI=1S/C12H11N5O4/c1-21-10-6-7(17(19)20)2-3-8(10)14-12(18)9-4-5-11(13)16-15-9/h2-6H,1H3,(H2,13,16)(H,14,18). The van der Waals surface area contributed by atoms with E-state index in [2.05, 4.69) is 15.5 Å². The van der Waals surface area contributed by atoms with Gasteiger partial charge < -0.3 is 15.8 Å². The van der Waals surface area contributed by atoms with Crippen molar-refractivity contribution in [3.8, 4) is 5.75 Å². The molecular formula is C12H11N5O4. The Hall–Kier alpha value is -3.23. The maximum absolute atomic E-state index is 12.0. The fraction of sp³-hybridized carbons (Fsp3) is 0.0833. The van der Waals surface area contributed by atoms with Crippen LogP contribution in [0.5, 0.6) is 5.75 Å². The summed E-state index contributed by atoms with van der Waals surface area (Å²) in [5.74, 6) is -0.171. The van der Waals surface area contributed by atoms with Gasteiger partial charge in [-0.1, -0.05) is 0 Å². The molecule has 0 aliphatic carbocycles. The number of anilines is 2. The number of hydrogen-bond acceptors (Lipinski definition) is 7. The number of nitro groups is 1. The zero-order chi connectivity index (χ0) is 15.4. The number of aromatic nitrogens is 2. The minimum absolute atomic E-state index is 0.0598. The summed E-state index contributed by atoms with van der Waals surface area (Å²) in [7, 11) is 1.34. The molecule has 0 saturated carbocycles. The predicted molar refractivity (Wildman–Crippen MR) is 74.0 cm³/mol. The van der Waals surface area contributed by atoms with E-state index in [0.717, 1.165) is 0 Å². The second kappa shape index (κ2) is 5.82. The Morgan fingerprint density at radius 1 is 1.33 bits per heavy atom. The number of hydrogen-bond donors (Lipinski definition) is 2. The Kier molecular flexibility index (Phi) is 3.93. The van der Waals surface area contributed by atoms with Crippen LogP contribution in [-0.4, -0.2) is 28.1 Å². The van der Waals surface area contributed by atoms with Crippen molar-refractivity contribution in [2.45, 2.75) is 0 Å². The average Bonchev–Trinajstić information content (AvgIpc) is 2.48. The number of nitrogen functional groups attached to an aromatic ring is 1. The van der Waals surface area contributed by atoms with Gasteiger partial charge in [0.2, 0.25) is 0 Å². The van der Waals surface area contributed by atoms with Gasteiger partial charge >= 0.3 is 0 Å². The maximum atomic E-state index is 12.0. The van der Waals surface area contributed by atoms with Gasteiger partial charge in [0.1, 0.15) is 11.6 Å². The lowest BCUT2D eigenvalue weighted by atomic mass is 10.2. The summed E-state index contributed by atoms with van der Waals surface area (Å²) in [4.78, 5) is 22.1. The molecule has 2 rings (SSSR count). The van der Waals surface area contributed by atoms with E-state index in [4.69, 9.17) is 10.5 Å². The summed E-state index contributed by atoms with van der Waals surface area (Å²) in [5.41, 5.74) is 5.58. The van der Waals surface area contributed by atoms with Crippen molar-refractivity contribution < 1.29 is 14.5 Å². The van der Waals surface area contributed by atoms with Gasteiger partial charge in [0, 0.05) is 6.07 Å². The van der Waals surface area contributed by atoms with Crippen molar-refractivity contribution >= 4 is 23.1 Å². The van der Waals surface area contributed by atoms with Crippen LogP contribution in [0.15, 0.2) is 30.3 Å². The molecule has 0 aliphatic heterocycles. The molecule has 3 N–H and O–H groups in total. The van der Waals surface area contributed by atoms with Gasteiger partial charge in [0.25, 0.3) is 11.6 Å². The number of benzene rings is 1. The van der Waals surface area contributed by atoms with Gasteiger partial charge in [-0.15, -0.1) is 10.2 Å². The van der Waals surface area contributed by atoms with Crippen LogP contribution in [0.1, 0.15) is 10.5 Å². The molecule has 108 valence electrons. The fourth-order valence-electron chi connectivity index (χ4n) is 1.55. The normalized spacial score (nSPS) is 9.95. The molecule has 1 aromatic heterocycles. The summed E-state index contributed by atoms with van der Waals surface area (Å²) in [6.07, 6.45) is 0. The number of carbonyl (C=O) groups excluding carboxylic acids is 1. The summed E-state index contributed by atoms with van der Waals surface area (Å²) in [5, 5.41) is 20.4. The van der Waals surface area contributed by atoms with E-state index in [1.807, 2.05) is 0 Å². The number of non-ortho nitro benzene ring substituents is 1. The molecule has 9 nitrogen and oxygen atoms in total. The van der Waals surface area contributed by atoms with Gasteiger partial charge in [-0.25, -0.2) is 0 Å². The topological polar surface area (TPSA) is 133 Å². The summed E-state index contributed by atoms with van der Waals surface area (Å²) in [6, 6.07) is 6.70. The van der Waals surface area contributed by atoms with Crippen molar-refractivity contribution in [3.63, 3.8) is 0 Å². The van der Waals surface area contributed by atoms with E-state index in [1.165, 1.54) is 37.4 Å². The van der Waals surface area contributed by atoms with Crippen molar-refractivity contribution in [1.82, 2.24) is 10.2 Å². The van der Waals surface area contributed by atoms with E-state index in [-0.39, 0.29) is 28.6 Å². The highest BCUT2D eigenvalue weighted by Crippen LogP contribution is 2.29. The minimum atomic E-state index is -0.556. The number of rotatable bonds is 4. The molecule has 0 saturated heterocycles. The molecule has 9 heteroatoms. The maximum Gasteiger partial charge on any atom is 0.276 e. The highest BCUT2D eigenvalue weighted by atomic mass is 16.6. The first-order valence-electron chi connectivity index (χ1n) is 5.74. The first kappa shape index (κ1) is 14.2. The molecule has 0 unspecified atom stereocenters. The SMILES string of the molecule is COc1cc([N+](=O)[O-])ccc1NC(=O)c1ccc(N)nn1. The first-order chi connectivity index (χ1) is 10.0. The van der Waals surface area contributed by atoms with Crippen molar-refractivity contribution in [1.29, 1.82) is 0 Å². The third kappa shape index (κ3) is 3.21. The zero-order valence-corrected chi connectivity index (χ0v) is 10.9.